The highest BCUT2D eigenvalue weighted by Crippen LogP contribution is 2.44. The molecule has 2 amide bonds. The average molecular weight is 465 g/mol. The molecule has 0 aliphatic heterocycles. The fourth-order valence-corrected chi connectivity index (χ4v) is 5.29. The summed E-state index contributed by atoms with van der Waals surface area (Å²) in [5.41, 5.74) is 4.65. The number of ether oxygens (including phenoxy) is 1. The third-order valence-corrected chi connectivity index (χ3v) is 6.88. The molecule has 1 fully saturated rings. The summed E-state index contributed by atoms with van der Waals surface area (Å²) < 4.78 is 5.66. The summed E-state index contributed by atoms with van der Waals surface area (Å²) in [7, 11) is 0. The molecule has 0 saturated heterocycles. The smallest absolute Gasteiger partial charge is 0.407 e. The van der Waals surface area contributed by atoms with Crippen LogP contribution in [0.25, 0.3) is 11.1 Å². The summed E-state index contributed by atoms with van der Waals surface area (Å²) in [6.07, 6.45) is 2.38. The molecule has 0 unspecified atom stereocenters. The van der Waals surface area contributed by atoms with Gasteiger partial charge in [-0.05, 0) is 41.5 Å². The van der Waals surface area contributed by atoms with Crippen LogP contribution in [0.1, 0.15) is 56.1 Å². The fraction of sp³-hybridized carbons (Fsp3) is 0.444. The minimum atomic E-state index is -0.923. The van der Waals surface area contributed by atoms with E-state index in [1.165, 1.54) is 11.1 Å². The number of amides is 2. The van der Waals surface area contributed by atoms with E-state index in [1.54, 1.807) is 4.90 Å². The molecule has 2 aromatic carbocycles. The van der Waals surface area contributed by atoms with Gasteiger partial charge in [-0.2, -0.15) is 0 Å². The summed E-state index contributed by atoms with van der Waals surface area (Å²) >= 11 is 0. The third-order valence-electron chi connectivity index (χ3n) is 6.88. The highest BCUT2D eigenvalue weighted by atomic mass is 16.5. The van der Waals surface area contributed by atoms with Gasteiger partial charge in [-0.15, -0.1) is 0 Å². The highest BCUT2D eigenvalue weighted by molar-refractivity contribution is 5.82. The number of carbonyl (C=O) groups excluding carboxylic acids is 2. The molecule has 2 aromatic rings. The van der Waals surface area contributed by atoms with Gasteiger partial charge >= 0.3 is 12.1 Å². The van der Waals surface area contributed by atoms with Crippen LogP contribution < -0.4 is 5.32 Å². The van der Waals surface area contributed by atoms with Crippen molar-refractivity contribution < 1.29 is 24.2 Å². The van der Waals surface area contributed by atoms with Crippen LogP contribution in [0.3, 0.4) is 0 Å². The van der Waals surface area contributed by atoms with Crippen LogP contribution in [0.4, 0.5) is 4.79 Å². The van der Waals surface area contributed by atoms with Crippen LogP contribution >= 0.6 is 0 Å². The van der Waals surface area contributed by atoms with Crippen LogP contribution in [0.5, 0.6) is 0 Å². The number of benzene rings is 2. The van der Waals surface area contributed by atoms with Gasteiger partial charge in [0.05, 0.1) is 12.3 Å². The molecule has 180 valence electrons. The van der Waals surface area contributed by atoms with Gasteiger partial charge in [0.1, 0.15) is 6.61 Å². The first-order valence-corrected chi connectivity index (χ1v) is 12.1. The maximum atomic E-state index is 13.1. The maximum absolute atomic E-state index is 13.1. The fourth-order valence-electron chi connectivity index (χ4n) is 5.29. The normalized spacial score (nSPS) is 18.7. The zero-order valence-corrected chi connectivity index (χ0v) is 19.5. The van der Waals surface area contributed by atoms with Crippen LogP contribution in [0, 0.1) is 5.92 Å². The van der Waals surface area contributed by atoms with Gasteiger partial charge in [-0.3, -0.25) is 9.59 Å². The first kappa shape index (κ1) is 23.8. The largest absolute Gasteiger partial charge is 0.481 e. The number of fused-ring (bicyclic) bond motifs is 3. The number of carboxylic acid groups (broad SMARTS) is 1. The maximum Gasteiger partial charge on any atom is 0.407 e. The Morgan fingerprint density at radius 2 is 1.65 bits per heavy atom. The monoisotopic (exact) mass is 464 g/mol. The molecule has 0 bridgehead atoms. The van der Waals surface area contributed by atoms with Crippen molar-refractivity contribution in [3.05, 3.63) is 59.7 Å². The minimum absolute atomic E-state index is 0.0183. The number of aliphatic carboxylic acids is 1. The number of hydrogen-bond acceptors (Lipinski definition) is 4. The van der Waals surface area contributed by atoms with Gasteiger partial charge in [-0.1, -0.05) is 61.9 Å². The van der Waals surface area contributed by atoms with Crippen molar-refractivity contribution >= 4 is 18.0 Å². The van der Waals surface area contributed by atoms with Crippen LogP contribution in [0.2, 0.25) is 0 Å². The van der Waals surface area contributed by atoms with Gasteiger partial charge in [0.15, 0.2) is 0 Å². The molecular weight excluding hydrogens is 432 g/mol. The number of carboxylic acids is 1. The van der Waals surface area contributed by atoms with Crippen molar-refractivity contribution in [1.82, 2.24) is 10.2 Å². The van der Waals surface area contributed by atoms with E-state index in [0.29, 0.717) is 19.4 Å². The summed E-state index contributed by atoms with van der Waals surface area (Å²) in [6, 6.07) is 16.1. The zero-order valence-electron chi connectivity index (χ0n) is 19.5. The summed E-state index contributed by atoms with van der Waals surface area (Å²) in [5.74, 6) is -1.37. The number of nitrogens with one attached hydrogen (secondary N) is 1. The summed E-state index contributed by atoms with van der Waals surface area (Å²) in [5, 5.41) is 11.9. The quantitative estimate of drug-likeness (QED) is 0.573. The van der Waals surface area contributed by atoms with Gasteiger partial charge < -0.3 is 20.1 Å². The molecule has 7 heteroatoms. The molecule has 0 aromatic heterocycles. The predicted molar refractivity (Wildman–Crippen MR) is 128 cm³/mol. The molecule has 0 spiro atoms. The van der Waals surface area contributed by atoms with Gasteiger partial charge in [0.25, 0.3) is 0 Å². The van der Waals surface area contributed by atoms with E-state index >= 15 is 0 Å². The lowest BCUT2D eigenvalue weighted by molar-refractivity contribution is -0.140. The molecule has 2 N–H and O–H groups in total. The Labute approximate surface area is 200 Å². The Morgan fingerprint density at radius 1 is 1.00 bits per heavy atom. The van der Waals surface area contributed by atoms with E-state index in [0.717, 1.165) is 24.0 Å². The topological polar surface area (TPSA) is 95.9 Å². The second kappa shape index (κ2) is 10.7. The molecule has 4 rings (SSSR count). The summed E-state index contributed by atoms with van der Waals surface area (Å²) in [6.45, 7) is 2.89. The standard InChI is InChI=1S/C27H32N2O5/c1-2-15-29(16-14-25(30)31)26(32)22-12-7-13-24(22)28-27(33)34-17-23-20-10-5-3-8-18(20)19-9-4-6-11-21(19)23/h3-6,8-11,22-24H,2,7,12-17H2,1H3,(H,28,33)(H,30,31)/t22-,24+/m0/s1. The predicted octanol–water partition coefficient (Wildman–Crippen LogP) is 4.41. The molecule has 7 nitrogen and oxygen atoms in total. The molecule has 1 saturated carbocycles. The third kappa shape index (κ3) is 5.08. The lowest BCUT2D eigenvalue weighted by atomic mass is 9.98. The van der Waals surface area contributed by atoms with Crippen LogP contribution in [-0.4, -0.2) is 53.7 Å². The molecule has 0 radical (unpaired) electrons. The number of hydrogen-bond donors (Lipinski definition) is 2. The van der Waals surface area contributed by atoms with E-state index in [2.05, 4.69) is 29.6 Å². The Bertz CT molecular complexity index is 1010. The molecular formula is C27H32N2O5. The van der Waals surface area contributed by atoms with Gasteiger partial charge in [0.2, 0.25) is 5.91 Å². The SMILES string of the molecule is CCCN(CCC(=O)O)C(=O)[C@H]1CCC[C@H]1NC(=O)OCC1c2ccccc2-c2ccccc21. The lowest BCUT2D eigenvalue weighted by Crippen LogP contribution is -2.46. The number of carbonyl (C=O) groups is 3. The highest BCUT2D eigenvalue weighted by Gasteiger charge is 2.37. The molecule has 2 aliphatic rings. The Morgan fingerprint density at radius 3 is 2.26 bits per heavy atom. The van der Waals surface area contributed by atoms with Gasteiger partial charge in [0, 0.05) is 25.0 Å². The minimum Gasteiger partial charge on any atom is -0.481 e. The number of nitrogens with zero attached hydrogens (tertiary/aromatic N) is 1. The van der Waals surface area contributed by atoms with E-state index in [1.807, 2.05) is 31.2 Å². The van der Waals surface area contributed by atoms with E-state index in [9.17, 15) is 14.4 Å². The molecule has 2 aliphatic carbocycles. The van der Waals surface area contributed by atoms with Crippen LogP contribution in [0.15, 0.2) is 48.5 Å². The molecule has 34 heavy (non-hydrogen) atoms. The average Bonchev–Trinajstić information content (AvgIpc) is 3.42. The zero-order chi connectivity index (χ0) is 24.1. The second-order valence-electron chi connectivity index (χ2n) is 9.08. The Balaban J connectivity index is 1.37. The van der Waals surface area contributed by atoms with Crippen LogP contribution in [-0.2, 0) is 14.3 Å². The lowest BCUT2D eigenvalue weighted by Gasteiger charge is -2.28. The van der Waals surface area contributed by atoms with E-state index < -0.39 is 12.1 Å². The van der Waals surface area contributed by atoms with Crippen molar-refractivity contribution in [3.8, 4) is 11.1 Å². The van der Waals surface area contributed by atoms with E-state index in [-0.39, 0.29) is 43.4 Å². The second-order valence-corrected chi connectivity index (χ2v) is 9.08. The van der Waals surface area contributed by atoms with Crippen molar-refractivity contribution in [2.45, 2.75) is 51.0 Å². The molecule has 0 heterocycles. The number of rotatable bonds is 9. The number of alkyl carbamates (subject to hydrolysis) is 1. The van der Waals surface area contributed by atoms with E-state index in [4.69, 9.17) is 9.84 Å². The first-order valence-electron chi connectivity index (χ1n) is 12.1. The van der Waals surface area contributed by atoms with Crippen molar-refractivity contribution in [3.63, 3.8) is 0 Å². The van der Waals surface area contributed by atoms with Gasteiger partial charge in [-0.25, -0.2) is 4.79 Å². The van der Waals surface area contributed by atoms with Crippen molar-refractivity contribution in [2.24, 2.45) is 5.92 Å². The Hall–Kier alpha value is -3.35. The molecule has 2 atom stereocenters. The summed E-state index contributed by atoms with van der Waals surface area (Å²) in [4.78, 5) is 38.5. The Kier molecular flexibility index (Phi) is 7.50. The van der Waals surface area contributed by atoms with Crippen molar-refractivity contribution in [1.29, 1.82) is 0 Å². The first-order chi connectivity index (χ1) is 16.5. The van der Waals surface area contributed by atoms with Crippen molar-refractivity contribution in [2.75, 3.05) is 19.7 Å².